The van der Waals surface area contributed by atoms with Gasteiger partial charge in [0.15, 0.2) is 0 Å². The highest BCUT2D eigenvalue weighted by Gasteiger charge is 2.52. The van der Waals surface area contributed by atoms with Gasteiger partial charge in [-0.2, -0.15) is 0 Å². The van der Waals surface area contributed by atoms with Crippen molar-refractivity contribution in [2.24, 2.45) is 16.7 Å². The van der Waals surface area contributed by atoms with Gasteiger partial charge in [0.25, 0.3) is 0 Å². The molecule has 0 aromatic heterocycles. The molecule has 0 heteroatoms. The van der Waals surface area contributed by atoms with Crippen LogP contribution in [-0.2, 0) is 0 Å². The topological polar surface area (TPSA) is 0 Å². The largest absolute Gasteiger partial charge is 0.0654 e. The average Bonchev–Trinajstić information content (AvgIpc) is 2.96. The zero-order chi connectivity index (χ0) is 11.5. The second-order valence-corrected chi connectivity index (χ2v) is 6.47. The Morgan fingerprint density at radius 1 is 1.20 bits per heavy atom. The zero-order valence-electron chi connectivity index (χ0n) is 11.5. The maximum Gasteiger partial charge on any atom is -0.0246 e. The van der Waals surface area contributed by atoms with Gasteiger partial charge in [0, 0.05) is 0 Å². The molecule has 1 aliphatic carbocycles. The molecule has 0 spiro atoms. The lowest BCUT2D eigenvalue weighted by atomic mass is 9.69. The van der Waals surface area contributed by atoms with Crippen LogP contribution in [0.2, 0.25) is 0 Å². The van der Waals surface area contributed by atoms with E-state index in [1.807, 2.05) is 0 Å². The molecule has 0 N–H and O–H groups in total. The fraction of sp³-hybridized carbons (Fsp3) is 1.00. The van der Waals surface area contributed by atoms with Crippen molar-refractivity contribution in [2.75, 3.05) is 0 Å². The van der Waals surface area contributed by atoms with E-state index < -0.39 is 0 Å². The second kappa shape index (κ2) is 4.89. The third-order valence-corrected chi connectivity index (χ3v) is 4.98. The third kappa shape index (κ3) is 2.98. The van der Waals surface area contributed by atoms with Gasteiger partial charge in [-0.25, -0.2) is 0 Å². The Kier molecular flexibility index (Phi) is 4.26. The smallest absolute Gasteiger partial charge is 0.0246 e. The minimum atomic E-state index is 0.590. The monoisotopic (exact) mass is 210 g/mol. The lowest BCUT2D eigenvalue weighted by Crippen LogP contribution is -2.26. The Hall–Kier alpha value is 0. The first-order valence-corrected chi connectivity index (χ1v) is 6.97. The van der Waals surface area contributed by atoms with Crippen LogP contribution >= 0.6 is 0 Å². The predicted molar refractivity (Wildman–Crippen MR) is 69.0 cm³/mol. The van der Waals surface area contributed by atoms with Crippen LogP contribution in [0.15, 0.2) is 0 Å². The van der Waals surface area contributed by atoms with E-state index in [9.17, 15) is 0 Å². The average molecular weight is 210 g/mol. The van der Waals surface area contributed by atoms with Crippen LogP contribution in [0.3, 0.4) is 0 Å². The summed E-state index contributed by atoms with van der Waals surface area (Å²) in [7, 11) is 0. The molecule has 0 amide bonds. The lowest BCUT2D eigenvalue weighted by molar-refractivity contribution is 0.145. The quantitative estimate of drug-likeness (QED) is 0.526. The van der Waals surface area contributed by atoms with Gasteiger partial charge in [-0.3, -0.25) is 0 Å². The number of hydrogen-bond acceptors (Lipinski definition) is 0. The summed E-state index contributed by atoms with van der Waals surface area (Å²) in [6.07, 6.45) is 10.0. The molecule has 1 fully saturated rings. The molecule has 0 radical (unpaired) electrons. The summed E-state index contributed by atoms with van der Waals surface area (Å²) in [5.74, 6) is 0.918. The molecule has 1 rings (SSSR count). The van der Waals surface area contributed by atoms with Crippen molar-refractivity contribution in [3.63, 3.8) is 0 Å². The molecule has 0 aromatic carbocycles. The molecule has 0 nitrogen and oxygen atoms in total. The summed E-state index contributed by atoms with van der Waals surface area (Å²) in [5, 5.41) is 0. The van der Waals surface area contributed by atoms with Crippen LogP contribution in [0.4, 0.5) is 0 Å². The molecule has 1 atom stereocenters. The van der Waals surface area contributed by atoms with Gasteiger partial charge in [-0.15, -0.1) is 0 Å². The van der Waals surface area contributed by atoms with E-state index in [2.05, 4.69) is 34.6 Å². The first kappa shape index (κ1) is 13.1. The summed E-state index contributed by atoms with van der Waals surface area (Å²) in [6.45, 7) is 12.1. The molecule has 0 bridgehead atoms. The van der Waals surface area contributed by atoms with Gasteiger partial charge in [0.2, 0.25) is 0 Å². The number of hydrogen-bond donors (Lipinski definition) is 0. The molecule has 0 heterocycles. The summed E-state index contributed by atoms with van der Waals surface area (Å²) < 4.78 is 0. The summed E-state index contributed by atoms with van der Waals surface area (Å²) >= 11 is 0. The Morgan fingerprint density at radius 3 is 2.20 bits per heavy atom. The third-order valence-electron chi connectivity index (χ3n) is 4.98. The molecule has 15 heavy (non-hydrogen) atoms. The van der Waals surface area contributed by atoms with E-state index in [1.54, 1.807) is 0 Å². The van der Waals surface area contributed by atoms with Crippen molar-refractivity contribution in [3.05, 3.63) is 0 Å². The molecule has 1 unspecified atom stereocenters. The maximum atomic E-state index is 2.51. The molecular formula is C15H30. The highest BCUT2D eigenvalue weighted by molar-refractivity contribution is 5.02. The van der Waals surface area contributed by atoms with Crippen molar-refractivity contribution >= 4 is 0 Å². The SMILES string of the molecule is CCCC1(C(C)(C)CCC(C)CC)CC1. The van der Waals surface area contributed by atoms with E-state index in [0.29, 0.717) is 5.41 Å². The maximum absolute atomic E-state index is 2.51. The Balaban J connectivity index is 2.44. The van der Waals surface area contributed by atoms with Gasteiger partial charge in [-0.1, -0.05) is 53.9 Å². The first-order valence-electron chi connectivity index (χ1n) is 6.97. The molecule has 0 saturated heterocycles. The van der Waals surface area contributed by atoms with Gasteiger partial charge < -0.3 is 0 Å². The van der Waals surface area contributed by atoms with Crippen LogP contribution in [-0.4, -0.2) is 0 Å². The first-order chi connectivity index (χ1) is 6.97. The van der Waals surface area contributed by atoms with Crippen LogP contribution in [0.1, 0.15) is 79.6 Å². The van der Waals surface area contributed by atoms with Gasteiger partial charge >= 0.3 is 0 Å². The molecule has 0 aromatic rings. The molecular weight excluding hydrogens is 180 g/mol. The van der Waals surface area contributed by atoms with Crippen molar-refractivity contribution in [1.82, 2.24) is 0 Å². The van der Waals surface area contributed by atoms with Crippen molar-refractivity contribution in [3.8, 4) is 0 Å². The van der Waals surface area contributed by atoms with E-state index in [0.717, 1.165) is 11.3 Å². The lowest BCUT2D eigenvalue weighted by Gasteiger charge is -2.36. The predicted octanol–water partition coefficient (Wildman–Crippen LogP) is 5.42. The Labute approximate surface area is 96.8 Å². The van der Waals surface area contributed by atoms with Gasteiger partial charge in [0.05, 0.1) is 0 Å². The standard InChI is InChI=1S/C15H30/c1-6-9-15(11-12-15)14(4,5)10-8-13(3)7-2/h13H,6-12H2,1-5H3. The summed E-state index contributed by atoms with van der Waals surface area (Å²) in [5.41, 5.74) is 1.32. The van der Waals surface area contributed by atoms with Crippen LogP contribution < -0.4 is 0 Å². The highest BCUT2D eigenvalue weighted by Crippen LogP contribution is 2.63. The van der Waals surface area contributed by atoms with Crippen LogP contribution in [0.25, 0.3) is 0 Å². The van der Waals surface area contributed by atoms with Crippen LogP contribution in [0, 0.1) is 16.7 Å². The van der Waals surface area contributed by atoms with Crippen molar-refractivity contribution in [1.29, 1.82) is 0 Å². The van der Waals surface area contributed by atoms with Crippen molar-refractivity contribution < 1.29 is 0 Å². The molecule has 1 aliphatic rings. The normalized spacial score (nSPS) is 21.4. The Morgan fingerprint density at radius 2 is 1.80 bits per heavy atom. The van der Waals surface area contributed by atoms with Gasteiger partial charge in [-0.05, 0) is 42.4 Å². The van der Waals surface area contributed by atoms with E-state index >= 15 is 0 Å². The molecule has 0 aliphatic heterocycles. The Bertz CT molecular complexity index is 186. The fourth-order valence-electron chi connectivity index (χ4n) is 2.97. The van der Waals surface area contributed by atoms with Crippen LogP contribution in [0.5, 0.6) is 0 Å². The van der Waals surface area contributed by atoms with Crippen molar-refractivity contribution in [2.45, 2.75) is 79.6 Å². The highest BCUT2D eigenvalue weighted by atomic mass is 14.6. The minimum Gasteiger partial charge on any atom is -0.0654 e. The summed E-state index contributed by atoms with van der Waals surface area (Å²) in [4.78, 5) is 0. The minimum absolute atomic E-state index is 0.590. The van der Waals surface area contributed by atoms with E-state index in [1.165, 1.54) is 44.9 Å². The number of rotatable bonds is 7. The zero-order valence-corrected chi connectivity index (χ0v) is 11.5. The fourth-order valence-corrected chi connectivity index (χ4v) is 2.97. The van der Waals surface area contributed by atoms with E-state index in [-0.39, 0.29) is 0 Å². The molecule has 90 valence electrons. The second-order valence-electron chi connectivity index (χ2n) is 6.47. The summed E-state index contributed by atoms with van der Waals surface area (Å²) in [6, 6.07) is 0. The van der Waals surface area contributed by atoms with E-state index in [4.69, 9.17) is 0 Å². The van der Waals surface area contributed by atoms with Gasteiger partial charge in [0.1, 0.15) is 0 Å². The molecule has 1 saturated carbocycles.